The summed E-state index contributed by atoms with van der Waals surface area (Å²) in [6.07, 6.45) is 3.68. The van der Waals surface area contributed by atoms with Gasteiger partial charge in [-0.25, -0.2) is 0 Å². The minimum Gasteiger partial charge on any atom is -0.452 e. The topological polar surface area (TPSA) is 44.1 Å². The molecule has 8 rings (SSSR count). The van der Waals surface area contributed by atoms with E-state index in [1.807, 2.05) is 36.7 Å². The fraction of sp³-hybridized carbons (Fsp3) is 0. The molecule has 0 bridgehead atoms. The zero-order valence-electron chi connectivity index (χ0n) is 17.4. The van der Waals surface area contributed by atoms with Crippen molar-refractivity contribution < 1.29 is 8.83 Å². The fourth-order valence-electron chi connectivity index (χ4n) is 5.39. The van der Waals surface area contributed by atoms with Crippen LogP contribution in [0, 0.1) is 0 Å². The number of aromatic nitrogens is 2. The average Bonchev–Trinajstić information content (AvgIpc) is 3.54. The van der Waals surface area contributed by atoms with Gasteiger partial charge in [0.25, 0.3) is 0 Å². The Hall–Kier alpha value is -4.57. The van der Waals surface area contributed by atoms with Crippen LogP contribution >= 0.6 is 0 Å². The van der Waals surface area contributed by atoms with Gasteiger partial charge >= 0.3 is 0 Å². The molecule has 0 aliphatic heterocycles. The lowest BCUT2D eigenvalue weighted by Crippen LogP contribution is -1.94. The maximum absolute atomic E-state index is 6.47. The number of furan rings is 2. The number of hydrogen-bond acceptors (Lipinski definition) is 3. The molecule has 8 aromatic rings. The molecule has 0 unspecified atom stereocenters. The molecule has 0 amide bonds. The molecule has 0 spiro atoms. The van der Waals surface area contributed by atoms with E-state index in [0.29, 0.717) is 0 Å². The average molecular weight is 424 g/mol. The van der Waals surface area contributed by atoms with Gasteiger partial charge in [-0.1, -0.05) is 54.6 Å². The van der Waals surface area contributed by atoms with Crippen LogP contribution in [0.1, 0.15) is 0 Å². The number of fused-ring (bicyclic) bond motifs is 12. The molecule has 0 atom stereocenters. The van der Waals surface area contributed by atoms with Gasteiger partial charge in [-0.3, -0.25) is 4.98 Å². The van der Waals surface area contributed by atoms with Gasteiger partial charge in [-0.2, -0.15) is 0 Å². The summed E-state index contributed by atoms with van der Waals surface area (Å²) in [5, 5.41) is 6.71. The van der Waals surface area contributed by atoms with Crippen LogP contribution in [0.4, 0.5) is 0 Å². The first-order chi connectivity index (χ1) is 16.4. The summed E-state index contributed by atoms with van der Waals surface area (Å²) in [6, 6.07) is 29.1. The summed E-state index contributed by atoms with van der Waals surface area (Å²) in [6.45, 7) is 0. The Morgan fingerprint density at radius 1 is 0.545 bits per heavy atom. The highest BCUT2D eigenvalue weighted by Gasteiger charge is 2.25. The normalized spacial score (nSPS) is 12.2. The van der Waals surface area contributed by atoms with Gasteiger partial charge in [0.15, 0.2) is 11.2 Å². The highest BCUT2D eigenvalue weighted by molar-refractivity contribution is 6.38. The summed E-state index contributed by atoms with van der Waals surface area (Å²) < 4.78 is 15.3. The third kappa shape index (κ3) is 2.08. The van der Waals surface area contributed by atoms with E-state index in [2.05, 4.69) is 70.2 Å². The number of nitrogens with zero attached hydrogens (tertiary/aromatic N) is 2. The summed E-state index contributed by atoms with van der Waals surface area (Å²) in [5.41, 5.74) is 6.63. The molecule has 33 heavy (non-hydrogen) atoms. The number of benzene rings is 4. The van der Waals surface area contributed by atoms with Gasteiger partial charge in [-0.15, -0.1) is 0 Å². The van der Waals surface area contributed by atoms with Crippen molar-refractivity contribution in [1.82, 2.24) is 9.55 Å². The van der Waals surface area contributed by atoms with Crippen LogP contribution in [0.3, 0.4) is 0 Å². The van der Waals surface area contributed by atoms with Crippen molar-refractivity contribution in [3.63, 3.8) is 0 Å². The van der Waals surface area contributed by atoms with E-state index < -0.39 is 0 Å². The molecule has 0 fully saturated rings. The Labute approximate surface area is 187 Å². The predicted molar refractivity (Wildman–Crippen MR) is 133 cm³/mol. The van der Waals surface area contributed by atoms with Crippen LogP contribution in [0.2, 0.25) is 0 Å². The van der Waals surface area contributed by atoms with Crippen LogP contribution in [-0.2, 0) is 0 Å². The van der Waals surface area contributed by atoms with Crippen molar-refractivity contribution in [1.29, 1.82) is 0 Å². The maximum atomic E-state index is 6.47. The SMILES string of the molecule is c1ccc2c(c1)oc1c3oc4ccccc4c3c3c(c4ccccc4n3-c3ccncc3)c21. The van der Waals surface area contributed by atoms with Crippen molar-refractivity contribution in [2.75, 3.05) is 0 Å². The second-order valence-corrected chi connectivity index (χ2v) is 8.39. The quantitative estimate of drug-likeness (QED) is 0.268. The summed E-state index contributed by atoms with van der Waals surface area (Å²) in [7, 11) is 0. The summed E-state index contributed by atoms with van der Waals surface area (Å²) >= 11 is 0. The van der Waals surface area contributed by atoms with Gasteiger partial charge in [0.05, 0.1) is 16.4 Å². The molecule has 154 valence electrons. The Morgan fingerprint density at radius 2 is 1.12 bits per heavy atom. The van der Waals surface area contributed by atoms with Crippen molar-refractivity contribution >= 4 is 65.7 Å². The molecule has 0 saturated carbocycles. The standard InChI is InChI=1S/C29H16N2O2/c1-4-10-21-18(7-1)24-25-19-8-2-5-11-22(19)32-28(25)29-26(20-9-3-6-12-23(20)33-29)27(24)31(21)17-13-15-30-16-14-17/h1-16H. The molecule has 0 radical (unpaired) electrons. The largest absolute Gasteiger partial charge is 0.452 e. The van der Waals surface area contributed by atoms with Crippen molar-refractivity contribution in [2.24, 2.45) is 0 Å². The van der Waals surface area contributed by atoms with Crippen LogP contribution in [0.25, 0.3) is 71.4 Å². The Kier molecular flexibility index (Phi) is 3.11. The van der Waals surface area contributed by atoms with Gasteiger partial charge in [0.2, 0.25) is 0 Å². The molecule has 0 saturated heterocycles. The van der Waals surface area contributed by atoms with Gasteiger partial charge < -0.3 is 13.4 Å². The zero-order valence-corrected chi connectivity index (χ0v) is 17.4. The van der Waals surface area contributed by atoms with Crippen molar-refractivity contribution in [3.05, 3.63) is 97.3 Å². The lowest BCUT2D eigenvalue weighted by Gasteiger charge is -2.08. The lowest BCUT2D eigenvalue weighted by molar-refractivity contribution is 0.633. The molecule has 4 heteroatoms. The number of pyridine rings is 1. The number of hydrogen-bond donors (Lipinski definition) is 0. The summed E-state index contributed by atoms with van der Waals surface area (Å²) in [5.74, 6) is 0. The maximum Gasteiger partial charge on any atom is 0.180 e. The highest BCUT2D eigenvalue weighted by atomic mass is 16.4. The molecule has 4 nitrogen and oxygen atoms in total. The van der Waals surface area contributed by atoms with E-state index in [1.54, 1.807) is 0 Å². The molecule has 4 aromatic heterocycles. The van der Waals surface area contributed by atoms with Crippen LogP contribution in [0.5, 0.6) is 0 Å². The molecule has 0 aliphatic rings. The van der Waals surface area contributed by atoms with Crippen molar-refractivity contribution in [2.45, 2.75) is 0 Å². The molecular formula is C29H16N2O2. The highest BCUT2D eigenvalue weighted by Crippen LogP contribution is 2.48. The van der Waals surface area contributed by atoms with Gasteiger partial charge in [-0.05, 0) is 30.3 Å². The third-order valence-electron chi connectivity index (χ3n) is 6.68. The number of rotatable bonds is 1. The number of para-hydroxylation sites is 3. The van der Waals surface area contributed by atoms with Crippen molar-refractivity contribution in [3.8, 4) is 5.69 Å². The second kappa shape index (κ2) is 6.02. The Morgan fingerprint density at radius 3 is 1.85 bits per heavy atom. The minimum absolute atomic E-state index is 0.785. The van der Waals surface area contributed by atoms with E-state index in [-0.39, 0.29) is 0 Å². The second-order valence-electron chi connectivity index (χ2n) is 8.39. The Balaban J connectivity index is 1.81. The van der Waals surface area contributed by atoms with E-state index in [1.165, 1.54) is 10.8 Å². The third-order valence-corrected chi connectivity index (χ3v) is 6.68. The smallest absolute Gasteiger partial charge is 0.180 e. The first-order valence-corrected chi connectivity index (χ1v) is 11.0. The molecule has 0 N–H and O–H groups in total. The van der Waals surface area contributed by atoms with Crippen LogP contribution in [-0.4, -0.2) is 9.55 Å². The van der Waals surface area contributed by atoms with E-state index in [0.717, 1.165) is 60.6 Å². The monoisotopic (exact) mass is 424 g/mol. The van der Waals surface area contributed by atoms with Crippen LogP contribution < -0.4 is 0 Å². The predicted octanol–water partition coefficient (Wildman–Crippen LogP) is 7.98. The van der Waals surface area contributed by atoms with E-state index in [4.69, 9.17) is 8.83 Å². The molecule has 0 aliphatic carbocycles. The van der Waals surface area contributed by atoms with Crippen LogP contribution in [0.15, 0.2) is 106 Å². The van der Waals surface area contributed by atoms with E-state index >= 15 is 0 Å². The summed E-state index contributed by atoms with van der Waals surface area (Å²) in [4.78, 5) is 4.25. The molecule has 4 heterocycles. The molecular weight excluding hydrogens is 408 g/mol. The first-order valence-electron chi connectivity index (χ1n) is 11.0. The molecule has 4 aromatic carbocycles. The minimum atomic E-state index is 0.785. The van der Waals surface area contributed by atoms with Gasteiger partial charge in [0, 0.05) is 45.0 Å². The lowest BCUT2D eigenvalue weighted by atomic mass is 10.0. The van der Waals surface area contributed by atoms with E-state index in [9.17, 15) is 0 Å². The van der Waals surface area contributed by atoms with Gasteiger partial charge in [0.1, 0.15) is 11.2 Å². The fourth-order valence-corrected chi connectivity index (χ4v) is 5.39. The first kappa shape index (κ1) is 17.0. The zero-order chi connectivity index (χ0) is 21.5. The Bertz CT molecular complexity index is 2020.